The SMILES string of the molecule is CC(C)C[C@H](NC(=O)C1CC(c2ccc(-c3ccccc3)nc2)=NO1)B1O[C@@H]2C[C@@H]3C[C@@H](C3(C)C)[C@]2(C)O1. The third-order valence-electron chi connectivity index (χ3n) is 9.48. The molecule has 2 bridgehead atoms. The minimum absolute atomic E-state index is 0.0832. The Morgan fingerprint density at radius 3 is 2.58 bits per heavy atom. The molecule has 1 aromatic carbocycles. The van der Waals surface area contributed by atoms with Gasteiger partial charge in [0, 0.05) is 23.7 Å². The summed E-state index contributed by atoms with van der Waals surface area (Å²) in [7, 11) is -0.456. The van der Waals surface area contributed by atoms with Crippen molar-refractivity contribution in [2.45, 2.75) is 84.1 Å². The molecule has 0 radical (unpaired) electrons. The lowest BCUT2D eigenvalue weighted by atomic mass is 9.43. The molecule has 1 saturated heterocycles. The van der Waals surface area contributed by atoms with Crippen LogP contribution in [0, 0.1) is 23.2 Å². The first-order chi connectivity index (χ1) is 18.1. The van der Waals surface area contributed by atoms with Gasteiger partial charge >= 0.3 is 7.12 Å². The molecule has 1 N–H and O–H groups in total. The van der Waals surface area contributed by atoms with Crippen molar-refractivity contribution in [3.63, 3.8) is 0 Å². The molecule has 7 rings (SSSR count). The Morgan fingerprint density at radius 2 is 1.89 bits per heavy atom. The first-order valence-electron chi connectivity index (χ1n) is 14.0. The first kappa shape index (κ1) is 25.6. The zero-order valence-corrected chi connectivity index (χ0v) is 23.0. The van der Waals surface area contributed by atoms with Gasteiger partial charge in [-0.3, -0.25) is 9.78 Å². The van der Waals surface area contributed by atoms with E-state index in [4.69, 9.17) is 14.1 Å². The monoisotopic (exact) mass is 515 g/mol. The quantitative estimate of drug-likeness (QED) is 0.523. The maximum Gasteiger partial charge on any atom is 0.481 e. The van der Waals surface area contributed by atoms with Gasteiger partial charge in [0.25, 0.3) is 5.91 Å². The van der Waals surface area contributed by atoms with Crippen LogP contribution in [0.15, 0.2) is 53.8 Å². The number of aromatic nitrogens is 1. The molecule has 5 aliphatic rings. The minimum atomic E-state index is -0.681. The van der Waals surface area contributed by atoms with Crippen molar-refractivity contribution in [2.75, 3.05) is 0 Å². The van der Waals surface area contributed by atoms with E-state index in [1.807, 2.05) is 42.5 Å². The Morgan fingerprint density at radius 1 is 1.11 bits per heavy atom. The number of carbonyl (C=O) groups excluding carboxylic acids is 1. The van der Waals surface area contributed by atoms with E-state index in [9.17, 15) is 4.79 Å². The van der Waals surface area contributed by atoms with Crippen LogP contribution < -0.4 is 5.32 Å². The van der Waals surface area contributed by atoms with E-state index in [0.29, 0.717) is 24.2 Å². The van der Waals surface area contributed by atoms with Gasteiger partial charge in [-0.2, -0.15) is 0 Å². The summed E-state index contributed by atoms with van der Waals surface area (Å²) in [5.41, 5.74) is 3.52. The normalized spacial score (nSPS) is 31.7. The number of pyridine rings is 1. The highest BCUT2D eigenvalue weighted by atomic mass is 16.7. The van der Waals surface area contributed by atoms with E-state index in [2.05, 4.69) is 50.1 Å². The van der Waals surface area contributed by atoms with Crippen molar-refractivity contribution in [1.82, 2.24) is 10.3 Å². The van der Waals surface area contributed by atoms with Crippen LogP contribution in [0.1, 0.15) is 65.9 Å². The first-order valence-corrected chi connectivity index (χ1v) is 14.0. The number of amides is 1. The van der Waals surface area contributed by atoms with Crippen LogP contribution >= 0.6 is 0 Å². The minimum Gasteiger partial charge on any atom is -0.404 e. The third-order valence-corrected chi connectivity index (χ3v) is 9.48. The highest BCUT2D eigenvalue weighted by Crippen LogP contribution is 2.65. The molecule has 38 heavy (non-hydrogen) atoms. The molecule has 6 atom stereocenters. The summed E-state index contributed by atoms with van der Waals surface area (Å²) in [6, 6.07) is 14.0. The number of oxime groups is 1. The molecule has 4 fully saturated rings. The van der Waals surface area contributed by atoms with Crippen molar-refractivity contribution in [2.24, 2.45) is 28.3 Å². The summed E-state index contributed by atoms with van der Waals surface area (Å²) in [5, 5.41) is 7.44. The molecule has 8 heteroatoms. The number of nitrogens with zero attached hydrogens (tertiary/aromatic N) is 2. The summed E-state index contributed by atoms with van der Waals surface area (Å²) in [5.74, 6) is 1.11. The number of hydrogen-bond acceptors (Lipinski definition) is 6. The molecule has 200 valence electrons. The van der Waals surface area contributed by atoms with E-state index < -0.39 is 13.2 Å². The summed E-state index contributed by atoms with van der Waals surface area (Å²) in [6.45, 7) is 11.2. The van der Waals surface area contributed by atoms with Gasteiger partial charge in [-0.25, -0.2) is 0 Å². The predicted octanol–water partition coefficient (Wildman–Crippen LogP) is 5.04. The Balaban J connectivity index is 1.10. The molecule has 2 aliphatic heterocycles. The van der Waals surface area contributed by atoms with E-state index in [1.165, 1.54) is 6.42 Å². The lowest BCUT2D eigenvalue weighted by Crippen LogP contribution is -2.65. The van der Waals surface area contributed by atoms with E-state index >= 15 is 0 Å². The number of rotatable bonds is 7. The van der Waals surface area contributed by atoms with Crippen LogP contribution in [-0.2, 0) is 18.9 Å². The van der Waals surface area contributed by atoms with Gasteiger partial charge in [-0.15, -0.1) is 0 Å². The molecule has 1 aromatic heterocycles. The molecule has 3 saturated carbocycles. The molecule has 3 aliphatic carbocycles. The van der Waals surface area contributed by atoms with Crippen molar-refractivity contribution in [3.8, 4) is 11.3 Å². The summed E-state index contributed by atoms with van der Waals surface area (Å²) < 4.78 is 13.2. The van der Waals surface area contributed by atoms with Crippen LogP contribution in [-0.4, -0.2) is 47.5 Å². The molecule has 3 heterocycles. The van der Waals surface area contributed by atoms with Crippen molar-refractivity contribution >= 4 is 18.7 Å². The van der Waals surface area contributed by atoms with Gasteiger partial charge < -0.3 is 19.5 Å². The van der Waals surface area contributed by atoms with E-state index in [-0.39, 0.29) is 29.0 Å². The fourth-order valence-corrected chi connectivity index (χ4v) is 7.13. The zero-order valence-electron chi connectivity index (χ0n) is 23.0. The fourth-order valence-electron chi connectivity index (χ4n) is 7.13. The lowest BCUT2D eigenvalue weighted by Gasteiger charge is -2.64. The molecule has 0 spiro atoms. The van der Waals surface area contributed by atoms with E-state index in [0.717, 1.165) is 35.4 Å². The zero-order chi connectivity index (χ0) is 26.7. The number of carbonyl (C=O) groups is 1. The Hall–Kier alpha value is -2.71. The highest BCUT2D eigenvalue weighted by molar-refractivity contribution is 6.48. The molecule has 1 unspecified atom stereocenters. The standard InChI is InChI=1S/C30H38BN3O4/c1-18(2)13-27(31-36-26-15-21-14-25(29(21,3)4)30(26,5)38-31)33-28(35)24-16-23(34-37-24)20-11-12-22(32-17-20)19-9-7-6-8-10-19/h6-12,17-18,21,24-27H,13-16H2,1-5H3,(H,33,35)/t21-,24?,25-,26+,27-,30-/m0/s1. The fraction of sp³-hybridized carbons (Fsp3) is 0.567. The average molecular weight is 515 g/mol. The number of hydrogen-bond donors (Lipinski definition) is 1. The summed E-state index contributed by atoms with van der Waals surface area (Å²) in [6.07, 6.45) is 4.59. The van der Waals surface area contributed by atoms with Gasteiger partial charge in [0.2, 0.25) is 6.10 Å². The van der Waals surface area contributed by atoms with Gasteiger partial charge in [-0.05, 0) is 61.5 Å². The van der Waals surface area contributed by atoms with Crippen molar-refractivity contribution in [3.05, 3.63) is 54.2 Å². The van der Waals surface area contributed by atoms with Gasteiger partial charge in [-0.1, -0.05) is 63.2 Å². The Kier molecular flexibility index (Phi) is 6.38. The van der Waals surface area contributed by atoms with Crippen LogP contribution in [0.2, 0.25) is 0 Å². The van der Waals surface area contributed by atoms with Crippen molar-refractivity contribution in [1.29, 1.82) is 0 Å². The molecular formula is C30H38BN3O4. The number of nitrogens with one attached hydrogen (secondary N) is 1. The lowest BCUT2D eigenvalue weighted by molar-refractivity contribution is -0.199. The Bertz CT molecular complexity index is 1220. The molecule has 2 aromatic rings. The van der Waals surface area contributed by atoms with Crippen LogP contribution in [0.4, 0.5) is 0 Å². The second-order valence-electron chi connectivity index (χ2n) is 12.7. The van der Waals surface area contributed by atoms with Gasteiger partial charge in [0.15, 0.2) is 0 Å². The van der Waals surface area contributed by atoms with Crippen LogP contribution in [0.5, 0.6) is 0 Å². The van der Waals surface area contributed by atoms with E-state index in [1.54, 1.807) is 6.20 Å². The largest absolute Gasteiger partial charge is 0.481 e. The highest BCUT2D eigenvalue weighted by Gasteiger charge is 2.68. The molecular weight excluding hydrogens is 477 g/mol. The number of benzene rings is 1. The summed E-state index contributed by atoms with van der Waals surface area (Å²) in [4.78, 5) is 23.5. The maximum absolute atomic E-state index is 13.3. The second-order valence-corrected chi connectivity index (χ2v) is 12.7. The smallest absolute Gasteiger partial charge is 0.404 e. The van der Waals surface area contributed by atoms with Gasteiger partial charge in [0.05, 0.1) is 29.1 Å². The molecule has 1 amide bonds. The second kappa shape index (κ2) is 9.49. The average Bonchev–Trinajstić information content (AvgIpc) is 3.53. The molecule has 7 nitrogen and oxygen atoms in total. The predicted molar refractivity (Wildman–Crippen MR) is 147 cm³/mol. The summed E-state index contributed by atoms with van der Waals surface area (Å²) >= 11 is 0. The Labute approximate surface area is 225 Å². The maximum atomic E-state index is 13.3. The van der Waals surface area contributed by atoms with Crippen LogP contribution in [0.25, 0.3) is 11.3 Å². The van der Waals surface area contributed by atoms with Crippen molar-refractivity contribution < 1.29 is 18.9 Å². The third kappa shape index (κ3) is 4.36. The van der Waals surface area contributed by atoms with Crippen LogP contribution in [0.3, 0.4) is 0 Å². The van der Waals surface area contributed by atoms with Gasteiger partial charge in [0.1, 0.15) is 0 Å². The topological polar surface area (TPSA) is 82.0 Å².